The number of anilines is 1. The molecule has 1 aromatic heterocycles. The van der Waals surface area contributed by atoms with Gasteiger partial charge in [0.1, 0.15) is 5.75 Å². The van der Waals surface area contributed by atoms with Crippen LogP contribution in [0.1, 0.15) is 13.3 Å². The molecule has 0 bridgehead atoms. The van der Waals surface area contributed by atoms with Gasteiger partial charge in [0.2, 0.25) is 5.91 Å². The number of aryl methyl sites for hydroxylation is 1. The first-order valence-electron chi connectivity index (χ1n) is 8.97. The molecule has 0 radical (unpaired) electrons. The Balaban J connectivity index is 1.64. The zero-order valence-electron chi connectivity index (χ0n) is 15.4. The van der Waals surface area contributed by atoms with E-state index in [9.17, 15) is 14.4 Å². The normalized spacial score (nSPS) is 17.2. The second-order valence-corrected chi connectivity index (χ2v) is 6.08. The Morgan fingerprint density at radius 3 is 2.71 bits per heavy atom. The van der Waals surface area contributed by atoms with Crippen molar-refractivity contribution in [3.05, 3.63) is 43.0 Å². The maximum absolute atomic E-state index is 12.7. The highest BCUT2D eigenvalue weighted by molar-refractivity contribution is 6.32. The monoisotopic (exact) mass is 383 g/mol. The number of amides is 4. The summed E-state index contributed by atoms with van der Waals surface area (Å²) < 4.78 is 7.27. The highest BCUT2D eigenvalue weighted by Gasteiger charge is 2.40. The molecule has 1 fully saturated rings. The van der Waals surface area contributed by atoms with E-state index in [2.05, 4.69) is 15.3 Å². The topological polar surface area (TPSA) is 106 Å². The lowest BCUT2D eigenvalue weighted by Gasteiger charge is -2.28. The van der Waals surface area contributed by atoms with Gasteiger partial charge in [-0.05, 0) is 37.6 Å². The number of hydrogen-bond donors (Lipinski definition) is 1. The molecule has 9 nitrogen and oxygen atoms in total. The van der Waals surface area contributed by atoms with Crippen molar-refractivity contribution in [1.29, 1.82) is 0 Å². The Morgan fingerprint density at radius 1 is 1.25 bits per heavy atom. The van der Waals surface area contributed by atoms with Crippen molar-refractivity contribution in [2.75, 3.05) is 18.1 Å². The van der Waals surface area contributed by atoms with E-state index in [-0.39, 0.29) is 0 Å². The minimum absolute atomic E-state index is 0.358. The van der Waals surface area contributed by atoms with Crippen LogP contribution in [0, 0.1) is 5.92 Å². The van der Waals surface area contributed by atoms with E-state index in [1.807, 2.05) is 17.7 Å². The second kappa shape index (κ2) is 8.94. The Morgan fingerprint density at radius 2 is 2.04 bits per heavy atom. The zero-order valence-corrected chi connectivity index (χ0v) is 15.4. The van der Waals surface area contributed by atoms with Gasteiger partial charge in [0.05, 0.1) is 18.6 Å². The Bertz CT molecular complexity index is 861. The summed E-state index contributed by atoms with van der Waals surface area (Å²) in [5, 5.41) is 2.20. The number of imidazole rings is 1. The fourth-order valence-electron chi connectivity index (χ4n) is 2.77. The molecule has 1 aromatic carbocycles. The van der Waals surface area contributed by atoms with Gasteiger partial charge in [-0.2, -0.15) is 0 Å². The summed E-state index contributed by atoms with van der Waals surface area (Å²) >= 11 is 0. The van der Waals surface area contributed by atoms with Crippen LogP contribution in [0.2, 0.25) is 0 Å². The maximum atomic E-state index is 12.7. The molecule has 146 valence electrons. The number of barbiturate groups is 1. The largest absolute Gasteiger partial charge is 0.494 e. The van der Waals surface area contributed by atoms with Crippen LogP contribution in [0.3, 0.4) is 0 Å². The molecule has 1 aliphatic rings. The number of aromatic nitrogens is 2. The number of urea groups is 1. The van der Waals surface area contributed by atoms with Crippen molar-refractivity contribution in [2.24, 2.45) is 10.9 Å². The lowest BCUT2D eigenvalue weighted by molar-refractivity contribution is -0.131. The van der Waals surface area contributed by atoms with E-state index >= 15 is 0 Å². The molecule has 1 saturated heterocycles. The average molecular weight is 383 g/mol. The van der Waals surface area contributed by atoms with Crippen molar-refractivity contribution in [2.45, 2.75) is 19.9 Å². The second-order valence-electron chi connectivity index (χ2n) is 6.08. The smallest absolute Gasteiger partial charge is 0.335 e. The number of carbonyl (C=O) groups excluding carboxylic acids is 3. The molecular weight excluding hydrogens is 362 g/mol. The minimum atomic E-state index is -1.14. The van der Waals surface area contributed by atoms with Crippen LogP contribution < -0.4 is 15.0 Å². The molecule has 0 unspecified atom stereocenters. The van der Waals surface area contributed by atoms with Crippen LogP contribution in [0.15, 0.2) is 48.0 Å². The molecule has 3 rings (SSSR count). The predicted molar refractivity (Wildman–Crippen MR) is 102 cm³/mol. The summed E-state index contributed by atoms with van der Waals surface area (Å²) in [7, 11) is 0. The molecule has 0 saturated carbocycles. The lowest BCUT2D eigenvalue weighted by atomic mass is 10.1. The molecule has 9 heteroatoms. The first-order chi connectivity index (χ1) is 13.6. The molecule has 2 heterocycles. The summed E-state index contributed by atoms with van der Waals surface area (Å²) in [6, 6.07) is 5.74. The van der Waals surface area contributed by atoms with Crippen LogP contribution in [-0.4, -0.2) is 46.8 Å². The van der Waals surface area contributed by atoms with E-state index in [1.165, 1.54) is 6.21 Å². The summed E-state index contributed by atoms with van der Waals surface area (Å²) in [5.74, 6) is -1.81. The van der Waals surface area contributed by atoms with E-state index in [4.69, 9.17) is 4.74 Å². The third-order valence-electron chi connectivity index (χ3n) is 4.13. The SMILES string of the molecule is CCOc1ccc(N2C(=O)NC(=O)[C@@H](C=NCCCn3ccnc3)C2=O)cc1. The molecule has 28 heavy (non-hydrogen) atoms. The maximum Gasteiger partial charge on any atom is 0.335 e. The summed E-state index contributed by atoms with van der Waals surface area (Å²) in [5.41, 5.74) is 0.358. The number of nitrogens with one attached hydrogen (secondary N) is 1. The number of hydrogen-bond acceptors (Lipinski definition) is 6. The number of imide groups is 2. The van der Waals surface area contributed by atoms with Gasteiger partial charge < -0.3 is 9.30 Å². The number of benzene rings is 1. The first kappa shape index (κ1) is 19.3. The minimum Gasteiger partial charge on any atom is -0.494 e. The van der Waals surface area contributed by atoms with Gasteiger partial charge in [-0.3, -0.25) is 19.9 Å². The van der Waals surface area contributed by atoms with Crippen LogP contribution in [-0.2, 0) is 16.1 Å². The van der Waals surface area contributed by atoms with Crippen LogP contribution in [0.5, 0.6) is 5.75 Å². The molecule has 0 spiro atoms. The molecule has 1 atom stereocenters. The van der Waals surface area contributed by atoms with Crippen LogP contribution in [0.4, 0.5) is 10.5 Å². The van der Waals surface area contributed by atoms with E-state index in [1.54, 1.807) is 36.8 Å². The predicted octanol–water partition coefficient (Wildman–Crippen LogP) is 1.64. The molecule has 1 N–H and O–H groups in total. The van der Waals surface area contributed by atoms with Crippen molar-refractivity contribution in [3.8, 4) is 5.75 Å². The van der Waals surface area contributed by atoms with Gasteiger partial charge in [-0.1, -0.05) is 0 Å². The summed E-state index contributed by atoms with van der Waals surface area (Å²) in [6.07, 6.45) is 7.29. The van der Waals surface area contributed by atoms with Crippen LogP contribution >= 0.6 is 0 Å². The molecular formula is C19H21N5O4. The summed E-state index contributed by atoms with van der Waals surface area (Å²) in [6.45, 7) is 3.56. The molecule has 4 amide bonds. The fourth-order valence-corrected chi connectivity index (χ4v) is 2.77. The van der Waals surface area contributed by atoms with Crippen molar-refractivity contribution < 1.29 is 19.1 Å². The highest BCUT2D eigenvalue weighted by atomic mass is 16.5. The third kappa shape index (κ3) is 4.43. The highest BCUT2D eigenvalue weighted by Crippen LogP contribution is 2.23. The van der Waals surface area contributed by atoms with Crippen molar-refractivity contribution >= 4 is 29.7 Å². The van der Waals surface area contributed by atoms with Crippen molar-refractivity contribution in [1.82, 2.24) is 14.9 Å². The Hall–Kier alpha value is -3.49. The molecule has 0 aliphatic carbocycles. The first-order valence-corrected chi connectivity index (χ1v) is 8.97. The van der Waals surface area contributed by atoms with E-state index in [0.717, 1.165) is 17.9 Å². The number of carbonyl (C=O) groups is 3. The third-order valence-corrected chi connectivity index (χ3v) is 4.13. The van der Waals surface area contributed by atoms with E-state index in [0.29, 0.717) is 24.6 Å². The van der Waals surface area contributed by atoms with Gasteiger partial charge in [0, 0.05) is 31.7 Å². The number of aliphatic imine (C=N–C) groups is 1. The van der Waals surface area contributed by atoms with Gasteiger partial charge in [0.15, 0.2) is 5.92 Å². The zero-order chi connectivity index (χ0) is 19.9. The van der Waals surface area contributed by atoms with Crippen LogP contribution in [0.25, 0.3) is 0 Å². The quantitative estimate of drug-likeness (QED) is 0.424. The summed E-state index contributed by atoms with van der Waals surface area (Å²) in [4.78, 5) is 46.1. The van der Waals surface area contributed by atoms with Gasteiger partial charge in [-0.15, -0.1) is 0 Å². The van der Waals surface area contributed by atoms with Gasteiger partial charge in [-0.25, -0.2) is 14.7 Å². The van der Waals surface area contributed by atoms with Gasteiger partial charge in [0.25, 0.3) is 5.91 Å². The number of nitrogens with zero attached hydrogens (tertiary/aromatic N) is 4. The Labute approximate surface area is 162 Å². The Kier molecular flexibility index (Phi) is 6.15. The lowest BCUT2D eigenvalue weighted by Crippen LogP contribution is -2.58. The number of rotatable bonds is 8. The fraction of sp³-hybridized carbons (Fsp3) is 0.316. The molecule has 2 aromatic rings. The number of ether oxygens (including phenoxy) is 1. The molecule has 1 aliphatic heterocycles. The van der Waals surface area contributed by atoms with E-state index < -0.39 is 23.8 Å². The average Bonchev–Trinajstić information content (AvgIpc) is 3.19. The van der Waals surface area contributed by atoms with Gasteiger partial charge >= 0.3 is 6.03 Å². The standard InChI is InChI=1S/C19H21N5O4/c1-2-28-15-6-4-14(5-7-15)24-18(26)16(17(25)22-19(24)27)12-20-8-3-10-23-11-9-21-13-23/h4-7,9,11-13,16H,2-3,8,10H2,1H3,(H,22,25,27)/t16-/m1/s1. The van der Waals surface area contributed by atoms with Crippen molar-refractivity contribution in [3.63, 3.8) is 0 Å².